The third-order valence-electron chi connectivity index (χ3n) is 2.46. The molecule has 1 aliphatic rings. The van der Waals surface area contributed by atoms with Crippen LogP contribution in [0.5, 0.6) is 0 Å². The van der Waals surface area contributed by atoms with Crippen molar-refractivity contribution in [3.63, 3.8) is 0 Å². The average molecular weight is 212 g/mol. The molecule has 0 aromatic carbocycles. The summed E-state index contributed by atoms with van der Waals surface area (Å²) in [6, 6.07) is 1.86. The van der Waals surface area contributed by atoms with Gasteiger partial charge in [-0.2, -0.15) is 0 Å². The minimum atomic E-state index is 0.468. The molecule has 76 valence electrons. The van der Waals surface area contributed by atoms with Crippen molar-refractivity contribution in [1.82, 2.24) is 14.9 Å². The summed E-state index contributed by atoms with van der Waals surface area (Å²) in [5.41, 5.74) is 0.913. The van der Waals surface area contributed by atoms with E-state index in [9.17, 15) is 0 Å². The van der Waals surface area contributed by atoms with Crippen LogP contribution in [0.4, 0.5) is 0 Å². The van der Waals surface area contributed by atoms with E-state index >= 15 is 0 Å². The van der Waals surface area contributed by atoms with Crippen molar-refractivity contribution in [2.24, 2.45) is 0 Å². The quantitative estimate of drug-likeness (QED) is 0.715. The van der Waals surface area contributed by atoms with Gasteiger partial charge in [-0.15, -0.1) is 11.6 Å². The van der Waals surface area contributed by atoms with Gasteiger partial charge in [0.2, 0.25) is 0 Å². The lowest BCUT2D eigenvalue weighted by Gasteiger charge is -2.12. The van der Waals surface area contributed by atoms with Crippen molar-refractivity contribution in [2.75, 3.05) is 13.1 Å². The second-order valence-corrected chi connectivity index (χ2v) is 3.85. The average Bonchev–Trinajstić information content (AvgIpc) is 2.71. The predicted molar refractivity (Wildman–Crippen MR) is 56.1 cm³/mol. The van der Waals surface area contributed by atoms with E-state index in [4.69, 9.17) is 11.6 Å². The summed E-state index contributed by atoms with van der Waals surface area (Å²) in [7, 11) is 0. The smallest absolute Gasteiger partial charge is 0.142 e. The Morgan fingerprint density at radius 2 is 2.14 bits per heavy atom. The van der Waals surface area contributed by atoms with Gasteiger partial charge in [-0.1, -0.05) is 0 Å². The van der Waals surface area contributed by atoms with Gasteiger partial charge in [0.1, 0.15) is 5.82 Å². The lowest BCUT2D eigenvalue weighted by atomic mass is 10.4. The zero-order valence-electron chi connectivity index (χ0n) is 8.12. The molecule has 0 amide bonds. The van der Waals surface area contributed by atoms with Gasteiger partial charge in [-0.25, -0.2) is 9.97 Å². The first-order valence-corrected chi connectivity index (χ1v) is 5.51. The third kappa shape index (κ3) is 2.42. The summed E-state index contributed by atoms with van der Waals surface area (Å²) in [4.78, 5) is 11.0. The first kappa shape index (κ1) is 9.87. The topological polar surface area (TPSA) is 29.0 Å². The third-order valence-corrected chi connectivity index (χ3v) is 2.74. The summed E-state index contributed by atoms with van der Waals surface area (Å²) in [6.07, 6.45) is 4.39. The van der Waals surface area contributed by atoms with E-state index < -0.39 is 0 Å². The van der Waals surface area contributed by atoms with Crippen molar-refractivity contribution in [3.8, 4) is 0 Å². The summed E-state index contributed by atoms with van der Waals surface area (Å²) in [5, 5.41) is 0. The van der Waals surface area contributed by atoms with Gasteiger partial charge in [-0.3, -0.25) is 4.90 Å². The lowest BCUT2D eigenvalue weighted by Crippen LogP contribution is -2.20. The molecular formula is C10H14ClN3. The van der Waals surface area contributed by atoms with Crippen molar-refractivity contribution in [1.29, 1.82) is 0 Å². The van der Waals surface area contributed by atoms with Gasteiger partial charge in [0, 0.05) is 6.20 Å². The Hall–Kier alpha value is -0.670. The maximum atomic E-state index is 5.71. The number of rotatable bonds is 3. The van der Waals surface area contributed by atoms with Crippen LogP contribution in [0, 0.1) is 0 Å². The van der Waals surface area contributed by atoms with Gasteiger partial charge < -0.3 is 0 Å². The second-order valence-electron chi connectivity index (χ2n) is 3.58. The van der Waals surface area contributed by atoms with Gasteiger partial charge in [0.05, 0.1) is 18.1 Å². The highest BCUT2D eigenvalue weighted by Crippen LogP contribution is 2.10. The molecule has 1 aliphatic heterocycles. The van der Waals surface area contributed by atoms with E-state index in [1.165, 1.54) is 25.9 Å². The Kier molecular flexibility index (Phi) is 3.32. The van der Waals surface area contributed by atoms with Crippen LogP contribution in [0.3, 0.4) is 0 Å². The molecule has 0 saturated carbocycles. The van der Waals surface area contributed by atoms with Crippen molar-refractivity contribution in [2.45, 2.75) is 25.3 Å². The first-order valence-electron chi connectivity index (χ1n) is 4.97. The summed E-state index contributed by atoms with van der Waals surface area (Å²) >= 11 is 5.71. The Balaban J connectivity index is 2.00. The van der Waals surface area contributed by atoms with Crippen LogP contribution in [0.25, 0.3) is 0 Å². The van der Waals surface area contributed by atoms with E-state index in [1.807, 2.05) is 6.07 Å². The van der Waals surface area contributed by atoms with Crippen LogP contribution in [0.15, 0.2) is 12.3 Å². The molecule has 3 nitrogen and oxygen atoms in total. The molecule has 4 heteroatoms. The largest absolute Gasteiger partial charge is 0.296 e. The number of alkyl halides is 1. The molecule has 0 aliphatic carbocycles. The lowest BCUT2D eigenvalue weighted by molar-refractivity contribution is 0.322. The molecule has 1 aromatic heterocycles. The molecule has 2 rings (SSSR count). The normalized spacial score (nSPS) is 17.5. The standard InChI is InChI=1S/C10H14ClN3/c11-7-9-3-4-12-10(13-9)8-14-5-1-2-6-14/h3-4H,1-2,5-8H2. The highest BCUT2D eigenvalue weighted by Gasteiger charge is 2.12. The van der Waals surface area contributed by atoms with Crippen LogP contribution in [-0.4, -0.2) is 28.0 Å². The van der Waals surface area contributed by atoms with E-state index in [-0.39, 0.29) is 0 Å². The van der Waals surface area contributed by atoms with Gasteiger partial charge in [0.15, 0.2) is 0 Å². The SMILES string of the molecule is ClCc1ccnc(CN2CCCC2)n1. The Labute approximate surface area is 89.1 Å². The zero-order valence-corrected chi connectivity index (χ0v) is 8.87. The molecule has 1 fully saturated rings. The van der Waals surface area contributed by atoms with Crippen molar-refractivity contribution < 1.29 is 0 Å². The number of likely N-dealkylation sites (tertiary alicyclic amines) is 1. The number of hydrogen-bond acceptors (Lipinski definition) is 3. The molecule has 2 heterocycles. The maximum Gasteiger partial charge on any atom is 0.142 e. The van der Waals surface area contributed by atoms with Gasteiger partial charge in [-0.05, 0) is 32.0 Å². The Morgan fingerprint density at radius 3 is 2.86 bits per heavy atom. The van der Waals surface area contributed by atoms with Crippen LogP contribution in [0.2, 0.25) is 0 Å². The van der Waals surface area contributed by atoms with E-state index in [2.05, 4.69) is 14.9 Å². The highest BCUT2D eigenvalue weighted by molar-refractivity contribution is 6.16. The highest BCUT2D eigenvalue weighted by atomic mass is 35.5. The Morgan fingerprint density at radius 1 is 1.36 bits per heavy atom. The molecule has 0 unspecified atom stereocenters. The number of hydrogen-bond donors (Lipinski definition) is 0. The van der Waals surface area contributed by atoms with Crippen LogP contribution in [-0.2, 0) is 12.4 Å². The zero-order chi connectivity index (χ0) is 9.80. The van der Waals surface area contributed by atoms with Gasteiger partial charge >= 0.3 is 0 Å². The van der Waals surface area contributed by atoms with E-state index in [0.717, 1.165) is 18.1 Å². The molecular weight excluding hydrogens is 198 g/mol. The van der Waals surface area contributed by atoms with Crippen LogP contribution in [0.1, 0.15) is 24.4 Å². The minimum Gasteiger partial charge on any atom is -0.296 e. The molecule has 0 atom stereocenters. The number of aromatic nitrogens is 2. The molecule has 1 saturated heterocycles. The maximum absolute atomic E-state index is 5.71. The van der Waals surface area contributed by atoms with Crippen molar-refractivity contribution in [3.05, 3.63) is 23.8 Å². The molecule has 0 N–H and O–H groups in total. The molecule has 0 spiro atoms. The van der Waals surface area contributed by atoms with E-state index in [1.54, 1.807) is 6.20 Å². The second kappa shape index (κ2) is 4.71. The number of nitrogens with zero attached hydrogens (tertiary/aromatic N) is 3. The summed E-state index contributed by atoms with van der Waals surface area (Å²) in [5.74, 6) is 1.36. The molecule has 0 radical (unpaired) electrons. The fourth-order valence-electron chi connectivity index (χ4n) is 1.73. The molecule has 0 bridgehead atoms. The van der Waals surface area contributed by atoms with Crippen molar-refractivity contribution >= 4 is 11.6 Å². The fraction of sp³-hybridized carbons (Fsp3) is 0.600. The monoisotopic (exact) mass is 211 g/mol. The molecule has 14 heavy (non-hydrogen) atoms. The van der Waals surface area contributed by atoms with Crippen LogP contribution < -0.4 is 0 Å². The van der Waals surface area contributed by atoms with E-state index in [0.29, 0.717) is 5.88 Å². The first-order chi connectivity index (χ1) is 6.88. The predicted octanol–water partition coefficient (Wildman–Crippen LogP) is 1.81. The van der Waals surface area contributed by atoms with Gasteiger partial charge in [0.25, 0.3) is 0 Å². The number of halogens is 1. The minimum absolute atomic E-state index is 0.468. The fourth-order valence-corrected chi connectivity index (χ4v) is 1.88. The van der Waals surface area contributed by atoms with Crippen LogP contribution >= 0.6 is 11.6 Å². The summed E-state index contributed by atoms with van der Waals surface area (Å²) in [6.45, 7) is 3.22. The summed E-state index contributed by atoms with van der Waals surface area (Å²) < 4.78 is 0. The Bertz CT molecular complexity index is 297. The molecule has 1 aromatic rings.